The predicted octanol–water partition coefficient (Wildman–Crippen LogP) is 6.32. The van der Waals surface area contributed by atoms with Crippen molar-refractivity contribution in [1.82, 2.24) is 10.3 Å². The minimum atomic E-state index is -1.33. The fourth-order valence-electron chi connectivity index (χ4n) is 8.69. The molecule has 5 rings (SSSR count). The largest absolute Gasteiger partial charge is 0.458 e. The summed E-state index contributed by atoms with van der Waals surface area (Å²) in [5, 5.41) is 3.85. The quantitative estimate of drug-likeness (QED) is 0.308. The lowest BCUT2D eigenvalue weighted by atomic mass is 9.61. The van der Waals surface area contributed by atoms with E-state index >= 15 is 0 Å². The molecule has 3 aliphatic rings. The number of ether oxygens (including phenoxy) is 3. The van der Waals surface area contributed by atoms with Gasteiger partial charge in [0.15, 0.2) is 5.60 Å². The molecule has 2 aromatic rings. The first-order chi connectivity index (χ1) is 21.5. The first kappa shape index (κ1) is 33.8. The first-order valence-electron chi connectivity index (χ1n) is 16.5. The Morgan fingerprint density at radius 1 is 1.02 bits per heavy atom. The Balaban J connectivity index is 1.62. The van der Waals surface area contributed by atoms with E-state index in [1.807, 2.05) is 63.3 Å². The number of cyclic esters (lactones) is 1. The van der Waals surface area contributed by atoms with Crippen LogP contribution in [0.3, 0.4) is 0 Å². The lowest BCUT2D eigenvalue weighted by molar-refractivity contribution is -0.172. The maximum Gasteiger partial charge on any atom is 0.408 e. The van der Waals surface area contributed by atoms with Crippen LogP contribution in [0.15, 0.2) is 42.6 Å². The zero-order chi connectivity index (χ0) is 33.8. The maximum absolute atomic E-state index is 14.6. The second kappa shape index (κ2) is 12.2. The van der Waals surface area contributed by atoms with Gasteiger partial charge in [-0.3, -0.25) is 19.4 Å². The summed E-state index contributed by atoms with van der Waals surface area (Å²) in [7, 11) is 0. The summed E-state index contributed by atoms with van der Waals surface area (Å²) in [5.74, 6) is -4.22. The monoisotopic (exact) mass is 632 g/mol. The molecular formula is C37H48N2O7. The highest BCUT2D eigenvalue weighted by atomic mass is 16.6. The summed E-state index contributed by atoms with van der Waals surface area (Å²) < 4.78 is 18.6. The van der Waals surface area contributed by atoms with Crippen molar-refractivity contribution in [1.29, 1.82) is 0 Å². The molecule has 1 N–H and O–H groups in total. The van der Waals surface area contributed by atoms with Gasteiger partial charge in [0, 0.05) is 29.3 Å². The van der Waals surface area contributed by atoms with Gasteiger partial charge in [-0.2, -0.15) is 0 Å². The summed E-state index contributed by atoms with van der Waals surface area (Å²) in [6.45, 7) is 16.9. The van der Waals surface area contributed by atoms with E-state index in [1.165, 1.54) is 0 Å². The van der Waals surface area contributed by atoms with E-state index in [0.29, 0.717) is 12.8 Å². The number of aromatic nitrogens is 1. The van der Waals surface area contributed by atoms with Crippen LogP contribution in [0.5, 0.6) is 0 Å². The van der Waals surface area contributed by atoms with Crippen molar-refractivity contribution in [2.75, 3.05) is 0 Å². The lowest BCUT2D eigenvalue weighted by Gasteiger charge is -2.46. The molecule has 1 aromatic heterocycles. The third-order valence-electron chi connectivity index (χ3n) is 10.6. The summed E-state index contributed by atoms with van der Waals surface area (Å²) in [4.78, 5) is 59.4. The van der Waals surface area contributed by atoms with Crippen LogP contribution in [0, 0.1) is 35.0 Å². The number of carbonyl (C=O) groups is 4. The molecule has 1 unspecified atom stereocenters. The summed E-state index contributed by atoms with van der Waals surface area (Å²) in [5.41, 5.74) is -0.865. The second-order valence-corrected chi connectivity index (χ2v) is 15.0. The molecule has 3 fully saturated rings. The number of amides is 1. The highest BCUT2D eigenvalue weighted by Gasteiger charge is 2.60. The zero-order valence-corrected chi connectivity index (χ0v) is 28.5. The van der Waals surface area contributed by atoms with Crippen LogP contribution < -0.4 is 5.32 Å². The topological polar surface area (TPSA) is 121 Å². The van der Waals surface area contributed by atoms with Crippen molar-refractivity contribution in [3.05, 3.63) is 48.2 Å². The van der Waals surface area contributed by atoms with Crippen molar-refractivity contribution in [3.8, 4) is 0 Å². The number of nitrogens with one attached hydrogen (secondary N) is 1. The standard InChI is InChI=1S/C37H48N2O7/c1-10-28-37(9)32(39-34(43)46-37)21(3)30(41)25-18-36(8,31(35(5,6)7)20(2)29(40)22(4)33(42)44-28)45-27(25)16-15-23-17-24-13-11-12-14-26(24)38-19-23/h11-17,19-22,25,27-28,31-32H,10,18H2,1-9H3,(H,39,43)/b16-15+/t20-,21-,22+,25-,27?,28+,31-,32+,36+,37+/m0/s1. The summed E-state index contributed by atoms with van der Waals surface area (Å²) in [6.07, 6.45) is 4.19. The molecule has 0 spiro atoms. The Kier molecular flexibility index (Phi) is 8.96. The minimum Gasteiger partial charge on any atom is -0.458 e. The highest BCUT2D eigenvalue weighted by Crippen LogP contribution is 2.52. The third kappa shape index (κ3) is 5.98. The zero-order valence-electron chi connectivity index (χ0n) is 28.5. The number of hydrogen-bond acceptors (Lipinski definition) is 8. The number of fused-ring (bicyclic) bond motifs is 4. The number of para-hydroxylation sites is 1. The van der Waals surface area contributed by atoms with Crippen molar-refractivity contribution in [3.63, 3.8) is 0 Å². The van der Waals surface area contributed by atoms with E-state index in [1.54, 1.807) is 27.0 Å². The molecule has 0 radical (unpaired) electrons. The molecule has 0 saturated carbocycles. The molecule has 0 aliphatic carbocycles. The molecule has 46 heavy (non-hydrogen) atoms. The fourth-order valence-corrected chi connectivity index (χ4v) is 8.69. The Morgan fingerprint density at radius 2 is 1.72 bits per heavy atom. The van der Waals surface area contributed by atoms with Gasteiger partial charge in [-0.1, -0.05) is 71.9 Å². The van der Waals surface area contributed by atoms with Gasteiger partial charge in [-0.15, -0.1) is 0 Å². The van der Waals surface area contributed by atoms with Gasteiger partial charge < -0.3 is 19.5 Å². The van der Waals surface area contributed by atoms with Crippen LogP contribution >= 0.6 is 0 Å². The number of pyridine rings is 1. The average molecular weight is 633 g/mol. The van der Waals surface area contributed by atoms with Gasteiger partial charge in [0.05, 0.1) is 29.2 Å². The Bertz CT molecular complexity index is 1560. The molecule has 10 atom stereocenters. The van der Waals surface area contributed by atoms with Crippen LogP contribution in [0.4, 0.5) is 4.79 Å². The normalized spacial score (nSPS) is 37.5. The van der Waals surface area contributed by atoms with Crippen molar-refractivity contribution < 1.29 is 33.4 Å². The molecule has 9 heteroatoms. The number of rotatable bonds is 3. The maximum atomic E-state index is 14.6. The summed E-state index contributed by atoms with van der Waals surface area (Å²) in [6, 6.07) is 9.15. The Labute approximate surface area is 271 Å². The fraction of sp³-hybridized carbons (Fsp3) is 0.595. The molecular weight excluding hydrogens is 584 g/mol. The van der Waals surface area contributed by atoms with Crippen molar-refractivity contribution in [2.45, 2.75) is 105 Å². The Morgan fingerprint density at radius 3 is 2.39 bits per heavy atom. The summed E-state index contributed by atoms with van der Waals surface area (Å²) >= 11 is 0. The number of hydrogen-bond donors (Lipinski definition) is 1. The molecule has 248 valence electrons. The van der Waals surface area contributed by atoms with Gasteiger partial charge in [-0.25, -0.2) is 4.79 Å². The minimum absolute atomic E-state index is 0.0877. The number of nitrogens with zero attached hydrogens (tertiary/aromatic N) is 1. The Hall–Kier alpha value is -3.59. The van der Waals surface area contributed by atoms with E-state index in [-0.39, 0.29) is 17.5 Å². The van der Waals surface area contributed by atoms with E-state index in [9.17, 15) is 19.2 Å². The van der Waals surface area contributed by atoms with Crippen LogP contribution in [0.25, 0.3) is 17.0 Å². The molecule has 1 amide bonds. The molecule has 4 heterocycles. The number of alkyl carbamates (subject to hydrolysis) is 1. The number of ketones is 2. The molecule has 9 nitrogen and oxygen atoms in total. The van der Waals surface area contributed by atoms with Gasteiger partial charge in [0.1, 0.15) is 23.6 Å². The van der Waals surface area contributed by atoms with E-state index in [0.717, 1.165) is 16.5 Å². The van der Waals surface area contributed by atoms with Crippen LogP contribution in [0.2, 0.25) is 0 Å². The lowest BCUT2D eigenvalue weighted by Crippen LogP contribution is -2.57. The van der Waals surface area contributed by atoms with Crippen molar-refractivity contribution >= 4 is 40.6 Å². The van der Waals surface area contributed by atoms with Gasteiger partial charge >= 0.3 is 12.1 Å². The third-order valence-corrected chi connectivity index (χ3v) is 10.6. The number of Topliss-reactive ketones (excluding diaryl/α,β-unsaturated/α-hetero) is 2. The smallest absolute Gasteiger partial charge is 0.408 e. The predicted molar refractivity (Wildman–Crippen MR) is 175 cm³/mol. The second-order valence-electron chi connectivity index (χ2n) is 15.0. The van der Waals surface area contributed by atoms with Crippen LogP contribution in [-0.4, -0.2) is 58.1 Å². The number of esters is 1. The number of benzene rings is 1. The average Bonchev–Trinajstić information content (AvgIpc) is 3.51. The van der Waals surface area contributed by atoms with E-state index in [2.05, 4.69) is 31.1 Å². The van der Waals surface area contributed by atoms with E-state index in [4.69, 9.17) is 14.2 Å². The van der Waals surface area contributed by atoms with Crippen molar-refractivity contribution in [2.24, 2.45) is 35.0 Å². The van der Waals surface area contributed by atoms with Crippen LogP contribution in [0.1, 0.15) is 80.7 Å². The molecule has 3 saturated heterocycles. The van der Waals surface area contributed by atoms with Gasteiger partial charge in [0.2, 0.25) is 0 Å². The number of carbonyl (C=O) groups excluding carboxylic acids is 4. The highest BCUT2D eigenvalue weighted by molar-refractivity contribution is 6.00. The van der Waals surface area contributed by atoms with Crippen LogP contribution in [-0.2, 0) is 28.6 Å². The molecule has 2 bridgehead atoms. The van der Waals surface area contributed by atoms with E-state index < -0.39 is 70.6 Å². The first-order valence-corrected chi connectivity index (χ1v) is 16.5. The SMILES string of the molecule is CC[C@H]1OC(=O)[C@H](C)C(=O)[C@H](C)[C@@H](C(C)(C)C)[C@@]2(C)C[C@H](C(=O)[C@H](C)[C@H]3NC(=O)O[C@@]31C)C(/C=C/c1cnc3ccccc3c1)O2. The van der Waals surface area contributed by atoms with Gasteiger partial charge in [0.25, 0.3) is 0 Å². The molecule has 1 aromatic carbocycles. The van der Waals surface area contributed by atoms with Gasteiger partial charge in [-0.05, 0) is 56.7 Å². The molecule has 3 aliphatic heterocycles.